The molecule has 2 rings (SSSR count). The van der Waals surface area contributed by atoms with Gasteiger partial charge in [0.05, 0.1) is 6.20 Å². The first kappa shape index (κ1) is 14.5. The van der Waals surface area contributed by atoms with E-state index in [1.165, 1.54) is 0 Å². The Morgan fingerprint density at radius 1 is 1.25 bits per heavy atom. The first-order valence-corrected chi connectivity index (χ1v) is 7.05. The minimum Gasteiger partial charge on any atom is -0.370 e. The highest BCUT2D eigenvalue weighted by Gasteiger charge is 2.19. The number of hydrogen-bond acceptors (Lipinski definition) is 4. The highest BCUT2D eigenvalue weighted by molar-refractivity contribution is 5.42. The van der Waals surface area contributed by atoms with Gasteiger partial charge in [0.15, 0.2) is 5.82 Å². The molecule has 1 N–H and O–H groups in total. The average Bonchev–Trinajstić information content (AvgIpc) is 2.82. The van der Waals surface area contributed by atoms with Crippen LogP contribution in [-0.4, -0.2) is 26.3 Å². The van der Waals surface area contributed by atoms with Gasteiger partial charge in [-0.3, -0.25) is 0 Å². The van der Waals surface area contributed by atoms with Crippen molar-refractivity contribution in [3.8, 4) is 5.82 Å². The number of aryl methyl sites for hydroxylation is 1. The Morgan fingerprint density at radius 3 is 2.55 bits per heavy atom. The third-order valence-electron chi connectivity index (χ3n) is 2.89. The molecule has 5 heteroatoms. The Labute approximate surface area is 120 Å². The molecule has 0 aliphatic carbocycles. The minimum absolute atomic E-state index is 0.0964. The Hall–Kier alpha value is -1.91. The Balaban J connectivity index is 2.45. The Bertz CT molecular complexity index is 580. The number of anilines is 1. The lowest BCUT2D eigenvalue weighted by molar-refractivity contribution is 0.542. The van der Waals surface area contributed by atoms with Crippen LogP contribution in [0.15, 0.2) is 18.5 Å². The van der Waals surface area contributed by atoms with Crippen LogP contribution in [0, 0.1) is 6.92 Å². The molecule has 0 unspecified atom stereocenters. The number of nitrogens with zero attached hydrogens (tertiary/aromatic N) is 4. The summed E-state index contributed by atoms with van der Waals surface area (Å²) in [6.07, 6.45) is 4.86. The summed E-state index contributed by atoms with van der Waals surface area (Å²) < 4.78 is 1.80. The normalized spacial score (nSPS) is 11.7. The fourth-order valence-corrected chi connectivity index (χ4v) is 1.77. The number of hydrogen-bond donors (Lipinski definition) is 1. The van der Waals surface area contributed by atoms with Crippen molar-refractivity contribution in [2.24, 2.45) is 0 Å². The van der Waals surface area contributed by atoms with E-state index >= 15 is 0 Å². The molecule has 0 bridgehead atoms. The number of rotatable bonds is 4. The second-order valence-corrected chi connectivity index (χ2v) is 6.07. The van der Waals surface area contributed by atoms with E-state index in [0.717, 1.165) is 36.0 Å². The van der Waals surface area contributed by atoms with Crippen molar-refractivity contribution in [1.82, 2.24) is 19.7 Å². The molecular weight excluding hydrogens is 250 g/mol. The quantitative estimate of drug-likeness (QED) is 0.930. The van der Waals surface area contributed by atoms with E-state index in [1.807, 2.05) is 25.4 Å². The van der Waals surface area contributed by atoms with Crippen LogP contribution in [0.1, 0.15) is 45.5 Å². The van der Waals surface area contributed by atoms with Gasteiger partial charge in [0.1, 0.15) is 11.6 Å². The maximum absolute atomic E-state index is 4.65. The van der Waals surface area contributed by atoms with E-state index in [4.69, 9.17) is 0 Å². The van der Waals surface area contributed by atoms with Crippen LogP contribution in [0.3, 0.4) is 0 Å². The molecule has 0 spiro atoms. The molecule has 0 atom stereocenters. The summed E-state index contributed by atoms with van der Waals surface area (Å²) in [5.41, 5.74) is 1.02. The van der Waals surface area contributed by atoms with E-state index in [9.17, 15) is 0 Å². The molecule has 5 nitrogen and oxygen atoms in total. The van der Waals surface area contributed by atoms with Crippen LogP contribution in [0.25, 0.3) is 5.82 Å². The van der Waals surface area contributed by atoms with Crippen LogP contribution < -0.4 is 5.32 Å². The molecule has 2 aromatic rings. The Morgan fingerprint density at radius 2 is 2.00 bits per heavy atom. The molecule has 0 aliphatic rings. The van der Waals surface area contributed by atoms with E-state index in [0.29, 0.717) is 0 Å². The van der Waals surface area contributed by atoms with Crippen LogP contribution in [-0.2, 0) is 5.41 Å². The monoisotopic (exact) mass is 273 g/mol. The molecule has 0 aliphatic heterocycles. The van der Waals surface area contributed by atoms with Gasteiger partial charge in [-0.2, -0.15) is 5.10 Å². The first-order chi connectivity index (χ1) is 9.40. The van der Waals surface area contributed by atoms with Crippen molar-refractivity contribution in [2.45, 2.75) is 46.5 Å². The summed E-state index contributed by atoms with van der Waals surface area (Å²) in [5.74, 6) is 2.48. The zero-order valence-electron chi connectivity index (χ0n) is 12.9. The number of nitrogens with one attached hydrogen (secondary N) is 1. The van der Waals surface area contributed by atoms with Gasteiger partial charge >= 0.3 is 0 Å². The zero-order chi connectivity index (χ0) is 14.8. The highest BCUT2D eigenvalue weighted by Crippen LogP contribution is 2.21. The zero-order valence-corrected chi connectivity index (χ0v) is 12.9. The molecule has 108 valence electrons. The van der Waals surface area contributed by atoms with Crippen LogP contribution in [0.4, 0.5) is 5.82 Å². The smallest absolute Gasteiger partial charge is 0.159 e. The topological polar surface area (TPSA) is 55.6 Å². The molecular formula is C15H23N5. The second-order valence-electron chi connectivity index (χ2n) is 6.07. The largest absolute Gasteiger partial charge is 0.370 e. The van der Waals surface area contributed by atoms with Crippen molar-refractivity contribution in [3.05, 3.63) is 29.8 Å². The molecule has 0 fully saturated rings. The highest BCUT2D eigenvalue weighted by atomic mass is 15.3. The fourth-order valence-electron chi connectivity index (χ4n) is 1.77. The second kappa shape index (κ2) is 5.61. The van der Waals surface area contributed by atoms with Crippen molar-refractivity contribution in [1.29, 1.82) is 0 Å². The van der Waals surface area contributed by atoms with Crippen LogP contribution >= 0.6 is 0 Å². The van der Waals surface area contributed by atoms with Crippen LogP contribution in [0.2, 0.25) is 0 Å². The van der Waals surface area contributed by atoms with Gasteiger partial charge in [-0.1, -0.05) is 27.7 Å². The van der Waals surface area contributed by atoms with Gasteiger partial charge in [0.25, 0.3) is 0 Å². The summed E-state index contributed by atoms with van der Waals surface area (Å²) in [4.78, 5) is 9.26. The lowest BCUT2D eigenvalue weighted by atomic mass is 9.96. The predicted octanol–water partition coefficient (Wildman–Crippen LogP) is 3.09. The summed E-state index contributed by atoms with van der Waals surface area (Å²) in [6, 6.07) is 1.94. The molecule has 2 heterocycles. The first-order valence-electron chi connectivity index (χ1n) is 7.05. The SMILES string of the molecule is CCCNc1cc(-n2cc(C)cn2)nc(C(C)(C)C)n1. The van der Waals surface area contributed by atoms with Crippen molar-refractivity contribution in [2.75, 3.05) is 11.9 Å². The molecule has 0 aromatic carbocycles. The van der Waals surface area contributed by atoms with E-state index in [-0.39, 0.29) is 5.41 Å². The maximum Gasteiger partial charge on any atom is 0.159 e. The maximum atomic E-state index is 4.65. The Kier molecular flexibility index (Phi) is 4.06. The van der Waals surface area contributed by atoms with Gasteiger partial charge in [-0.05, 0) is 18.9 Å². The third kappa shape index (κ3) is 3.35. The summed E-state index contributed by atoms with van der Waals surface area (Å²) in [6.45, 7) is 11.4. The fraction of sp³-hybridized carbons (Fsp3) is 0.533. The summed E-state index contributed by atoms with van der Waals surface area (Å²) in [7, 11) is 0. The van der Waals surface area contributed by atoms with E-state index in [1.54, 1.807) is 4.68 Å². The number of aromatic nitrogens is 4. The van der Waals surface area contributed by atoms with Crippen molar-refractivity contribution in [3.63, 3.8) is 0 Å². The van der Waals surface area contributed by atoms with Crippen molar-refractivity contribution < 1.29 is 0 Å². The predicted molar refractivity (Wildman–Crippen MR) is 81.4 cm³/mol. The summed E-state index contributed by atoms with van der Waals surface area (Å²) in [5, 5.41) is 7.66. The average molecular weight is 273 g/mol. The third-order valence-corrected chi connectivity index (χ3v) is 2.89. The van der Waals surface area contributed by atoms with Gasteiger partial charge in [0, 0.05) is 24.2 Å². The van der Waals surface area contributed by atoms with Gasteiger partial charge in [-0.25, -0.2) is 14.6 Å². The van der Waals surface area contributed by atoms with Crippen LogP contribution in [0.5, 0.6) is 0 Å². The molecule has 0 saturated carbocycles. The molecule has 0 radical (unpaired) electrons. The molecule has 0 amide bonds. The van der Waals surface area contributed by atoms with Gasteiger partial charge in [-0.15, -0.1) is 0 Å². The lowest BCUT2D eigenvalue weighted by Gasteiger charge is -2.18. The van der Waals surface area contributed by atoms with Gasteiger partial charge < -0.3 is 5.32 Å². The lowest BCUT2D eigenvalue weighted by Crippen LogP contribution is -2.19. The minimum atomic E-state index is -0.0964. The summed E-state index contributed by atoms with van der Waals surface area (Å²) >= 11 is 0. The van der Waals surface area contributed by atoms with E-state index in [2.05, 4.69) is 48.1 Å². The molecule has 20 heavy (non-hydrogen) atoms. The van der Waals surface area contributed by atoms with E-state index < -0.39 is 0 Å². The van der Waals surface area contributed by atoms with Crippen molar-refractivity contribution >= 4 is 5.82 Å². The molecule has 0 saturated heterocycles. The van der Waals surface area contributed by atoms with Gasteiger partial charge in [0.2, 0.25) is 0 Å². The molecule has 2 aromatic heterocycles. The standard InChI is InChI=1S/C15H23N5/c1-6-7-16-12-8-13(20-10-11(2)9-17-20)19-14(18-12)15(3,4)5/h8-10H,6-7H2,1-5H3,(H,16,18,19).